The first kappa shape index (κ1) is 11.3. The van der Waals surface area contributed by atoms with Gasteiger partial charge in [-0.3, -0.25) is 0 Å². The Labute approximate surface area is 98.7 Å². The second-order valence-electron chi connectivity index (χ2n) is 5.07. The molecule has 16 heavy (non-hydrogen) atoms. The molecule has 0 saturated carbocycles. The highest BCUT2D eigenvalue weighted by molar-refractivity contribution is 5.75. The van der Waals surface area contributed by atoms with E-state index in [2.05, 4.69) is 56.2 Å². The minimum atomic E-state index is 0.573. The van der Waals surface area contributed by atoms with E-state index in [4.69, 9.17) is 0 Å². The summed E-state index contributed by atoms with van der Waals surface area (Å²) in [6.45, 7) is 7.87. The van der Waals surface area contributed by atoms with Crippen LogP contribution in [0.1, 0.15) is 38.7 Å². The van der Waals surface area contributed by atoms with Crippen LogP contribution in [0.15, 0.2) is 18.2 Å². The van der Waals surface area contributed by atoms with Gasteiger partial charge in [-0.25, -0.2) is 0 Å². The van der Waals surface area contributed by atoms with E-state index in [1.54, 1.807) is 0 Å². The predicted molar refractivity (Wildman–Crippen MR) is 71.5 cm³/mol. The van der Waals surface area contributed by atoms with Gasteiger partial charge < -0.3 is 10.2 Å². The van der Waals surface area contributed by atoms with Crippen molar-refractivity contribution in [2.45, 2.75) is 39.2 Å². The molecule has 1 N–H and O–H groups in total. The van der Waals surface area contributed by atoms with Gasteiger partial charge in [-0.1, -0.05) is 26.0 Å². The van der Waals surface area contributed by atoms with Crippen molar-refractivity contribution in [3.8, 4) is 0 Å². The lowest BCUT2D eigenvalue weighted by atomic mass is 9.99. The van der Waals surface area contributed by atoms with Gasteiger partial charge in [0.1, 0.15) is 0 Å². The monoisotopic (exact) mass is 218 g/mol. The second-order valence-corrected chi connectivity index (χ2v) is 5.07. The third kappa shape index (κ3) is 1.89. The summed E-state index contributed by atoms with van der Waals surface area (Å²) in [5.41, 5.74) is 4.11. The van der Waals surface area contributed by atoms with Crippen molar-refractivity contribution in [2.24, 2.45) is 0 Å². The molecule has 1 aromatic carbocycles. The quantitative estimate of drug-likeness (QED) is 0.776. The molecule has 0 saturated heterocycles. The Morgan fingerprint density at radius 1 is 1.38 bits per heavy atom. The van der Waals surface area contributed by atoms with Gasteiger partial charge in [-0.15, -0.1) is 0 Å². The number of nitrogens with zero attached hydrogens (tertiary/aromatic N) is 1. The van der Waals surface area contributed by atoms with Crippen molar-refractivity contribution < 1.29 is 0 Å². The van der Waals surface area contributed by atoms with Crippen LogP contribution in [0, 0.1) is 0 Å². The number of hydrogen-bond donors (Lipinski definition) is 1. The molecule has 1 heterocycles. The molecule has 2 heteroatoms. The van der Waals surface area contributed by atoms with Crippen LogP contribution < -0.4 is 10.2 Å². The lowest BCUT2D eigenvalue weighted by molar-refractivity contribution is 0.657. The average molecular weight is 218 g/mol. The van der Waals surface area contributed by atoms with Crippen molar-refractivity contribution in [2.75, 3.05) is 23.8 Å². The zero-order chi connectivity index (χ0) is 11.7. The lowest BCUT2D eigenvalue weighted by Gasteiger charge is -2.26. The number of fused-ring (bicyclic) bond motifs is 1. The first-order valence-corrected chi connectivity index (χ1v) is 6.21. The fourth-order valence-corrected chi connectivity index (χ4v) is 2.36. The Balaban J connectivity index is 2.49. The fourth-order valence-electron chi connectivity index (χ4n) is 2.36. The van der Waals surface area contributed by atoms with E-state index in [0.29, 0.717) is 12.0 Å². The molecule has 88 valence electrons. The lowest BCUT2D eigenvalue weighted by Crippen LogP contribution is -2.28. The molecule has 2 rings (SSSR count). The van der Waals surface area contributed by atoms with E-state index in [-0.39, 0.29) is 0 Å². The summed E-state index contributed by atoms with van der Waals surface area (Å²) < 4.78 is 0. The van der Waals surface area contributed by atoms with Crippen LogP contribution in [-0.4, -0.2) is 19.6 Å². The topological polar surface area (TPSA) is 15.3 Å². The molecule has 0 spiro atoms. The maximum atomic E-state index is 3.59. The van der Waals surface area contributed by atoms with Gasteiger partial charge in [0.15, 0.2) is 0 Å². The highest BCUT2D eigenvalue weighted by Gasteiger charge is 2.20. The molecule has 0 aliphatic carbocycles. The largest absolute Gasteiger partial charge is 0.383 e. The zero-order valence-corrected chi connectivity index (χ0v) is 10.7. The molecule has 1 aromatic rings. The van der Waals surface area contributed by atoms with Crippen LogP contribution in [-0.2, 0) is 0 Å². The Morgan fingerprint density at radius 3 is 2.81 bits per heavy atom. The first-order chi connectivity index (χ1) is 7.61. The summed E-state index contributed by atoms with van der Waals surface area (Å²) in [4.78, 5) is 2.39. The van der Waals surface area contributed by atoms with Crippen LogP contribution in [0.5, 0.6) is 0 Å². The minimum Gasteiger partial charge on any atom is -0.383 e. The third-order valence-electron chi connectivity index (χ3n) is 3.60. The van der Waals surface area contributed by atoms with E-state index in [9.17, 15) is 0 Å². The number of hydrogen-bond acceptors (Lipinski definition) is 2. The Kier molecular flexibility index (Phi) is 3.08. The SMILES string of the molecule is CC(C)c1cccc2c1NCCC(C)N2C. The normalized spacial score (nSPS) is 20.3. The molecule has 1 aliphatic rings. The maximum Gasteiger partial charge on any atom is 0.0613 e. The van der Waals surface area contributed by atoms with Gasteiger partial charge in [-0.05, 0) is 30.9 Å². The summed E-state index contributed by atoms with van der Waals surface area (Å²) in [6.07, 6.45) is 1.20. The molecule has 1 atom stereocenters. The molecule has 1 aliphatic heterocycles. The van der Waals surface area contributed by atoms with E-state index in [0.717, 1.165) is 6.54 Å². The minimum absolute atomic E-state index is 0.573. The highest BCUT2D eigenvalue weighted by Crippen LogP contribution is 2.36. The molecule has 0 bridgehead atoms. The average Bonchev–Trinajstić information content (AvgIpc) is 2.40. The predicted octanol–water partition coefficient (Wildman–Crippen LogP) is 3.45. The van der Waals surface area contributed by atoms with Gasteiger partial charge in [0.05, 0.1) is 11.4 Å². The molecule has 0 fully saturated rings. The molecule has 1 unspecified atom stereocenters. The molecule has 0 amide bonds. The van der Waals surface area contributed by atoms with E-state index < -0.39 is 0 Å². The van der Waals surface area contributed by atoms with Crippen molar-refractivity contribution in [3.05, 3.63) is 23.8 Å². The summed E-state index contributed by atoms with van der Waals surface area (Å²) in [5, 5.41) is 3.59. The third-order valence-corrected chi connectivity index (χ3v) is 3.60. The summed E-state index contributed by atoms with van der Waals surface area (Å²) >= 11 is 0. The van der Waals surface area contributed by atoms with E-state index >= 15 is 0 Å². The van der Waals surface area contributed by atoms with Gasteiger partial charge in [0.2, 0.25) is 0 Å². The number of benzene rings is 1. The van der Waals surface area contributed by atoms with Crippen molar-refractivity contribution in [1.82, 2.24) is 0 Å². The van der Waals surface area contributed by atoms with Crippen LogP contribution in [0.2, 0.25) is 0 Å². The van der Waals surface area contributed by atoms with Gasteiger partial charge in [-0.2, -0.15) is 0 Å². The second kappa shape index (κ2) is 4.36. The summed E-state index contributed by atoms with van der Waals surface area (Å²) in [6, 6.07) is 7.23. The van der Waals surface area contributed by atoms with Crippen molar-refractivity contribution >= 4 is 11.4 Å². The first-order valence-electron chi connectivity index (χ1n) is 6.21. The van der Waals surface area contributed by atoms with Gasteiger partial charge >= 0.3 is 0 Å². The highest BCUT2D eigenvalue weighted by atomic mass is 15.2. The fraction of sp³-hybridized carbons (Fsp3) is 0.571. The molecular weight excluding hydrogens is 196 g/mol. The Morgan fingerprint density at radius 2 is 2.12 bits per heavy atom. The maximum absolute atomic E-state index is 3.59. The number of nitrogens with one attached hydrogen (secondary N) is 1. The smallest absolute Gasteiger partial charge is 0.0613 e. The number of para-hydroxylation sites is 1. The number of anilines is 2. The van der Waals surface area contributed by atoms with Gasteiger partial charge in [0.25, 0.3) is 0 Å². The van der Waals surface area contributed by atoms with Crippen LogP contribution in [0.3, 0.4) is 0 Å². The van der Waals surface area contributed by atoms with Crippen molar-refractivity contribution in [3.63, 3.8) is 0 Å². The number of rotatable bonds is 1. The van der Waals surface area contributed by atoms with Crippen molar-refractivity contribution in [1.29, 1.82) is 0 Å². The summed E-state index contributed by atoms with van der Waals surface area (Å²) in [5.74, 6) is 0.573. The molecule has 0 radical (unpaired) electrons. The van der Waals surface area contributed by atoms with E-state index in [1.807, 2.05) is 0 Å². The zero-order valence-electron chi connectivity index (χ0n) is 10.7. The standard InChI is InChI=1S/C14H22N2/c1-10(2)12-6-5-7-13-14(12)15-9-8-11(3)16(13)4/h5-7,10-11,15H,8-9H2,1-4H3. The van der Waals surface area contributed by atoms with Crippen LogP contribution in [0.4, 0.5) is 11.4 Å². The Hall–Kier alpha value is -1.18. The van der Waals surface area contributed by atoms with E-state index in [1.165, 1.54) is 23.4 Å². The van der Waals surface area contributed by atoms with Crippen LogP contribution >= 0.6 is 0 Å². The summed E-state index contributed by atoms with van der Waals surface area (Å²) in [7, 11) is 2.20. The van der Waals surface area contributed by atoms with Crippen LogP contribution in [0.25, 0.3) is 0 Å². The van der Waals surface area contributed by atoms with Gasteiger partial charge in [0, 0.05) is 19.6 Å². The molecule has 0 aromatic heterocycles. The molecule has 2 nitrogen and oxygen atoms in total. The Bertz CT molecular complexity index is 371. The molecular formula is C14H22N2.